The summed E-state index contributed by atoms with van der Waals surface area (Å²) in [6, 6.07) is -2.09. The van der Waals surface area contributed by atoms with Crippen LogP contribution in [0.25, 0.3) is 0 Å². The smallest absolute Gasteiger partial charge is 0.216 e. The van der Waals surface area contributed by atoms with Gasteiger partial charge in [0.25, 0.3) is 0 Å². The highest BCUT2D eigenvalue weighted by Gasteiger charge is 2.08. The van der Waals surface area contributed by atoms with Gasteiger partial charge in [-0.2, -0.15) is 0 Å². The lowest BCUT2D eigenvalue weighted by molar-refractivity contribution is 0.236. The lowest BCUT2D eigenvalue weighted by Crippen LogP contribution is -2.08. The zero-order valence-corrected chi connectivity index (χ0v) is 6.12. The van der Waals surface area contributed by atoms with Crippen molar-refractivity contribution in [3.63, 3.8) is 0 Å². The molecule has 0 nitrogen and oxygen atoms in total. The first kappa shape index (κ1) is 8.08. The molecule has 0 spiro atoms. The van der Waals surface area contributed by atoms with Crippen LogP contribution in [0, 0.1) is 0 Å². The molecule has 0 aliphatic heterocycles. The largest absolute Gasteiger partial charge is 0.216 e. The molecule has 0 aliphatic carbocycles. The lowest BCUT2D eigenvalue weighted by Gasteiger charge is -2.02. The van der Waals surface area contributed by atoms with E-state index < -0.39 is 6.05 Å². The van der Waals surface area contributed by atoms with Crippen LogP contribution in [0.1, 0.15) is 20.3 Å². The summed E-state index contributed by atoms with van der Waals surface area (Å²) < 4.78 is 23.0. The van der Waals surface area contributed by atoms with E-state index in [0.717, 1.165) is 6.42 Å². The van der Waals surface area contributed by atoms with Gasteiger partial charge in [0.1, 0.15) is 9.52 Å². The summed E-state index contributed by atoms with van der Waals surface area (Å²) in [5.41, 5.74) is 0.204. The van der Waals surface area contributed by atoms with Crippen LogP contribution in [-0.4, -0.2) is 15.6 Å². The fourth-order valence-electron chi connectivity index (χ4n) is 0.333. The van der Waals surface area contributed by atoms with Crippen molar-refractivity contribution in [2.45, 2.75) is 31.9 Å². The van der Waals surface area contributed by atoms with Crippen LogP contribution in [-0.2, 0) is 0 Å². The van der Waals surface area contributed by atoms with Crippen molar-refractivity contribution in [2.24, 2.45) is 0 Å². The molecule has 1 unspecified atom stereocenters. The van der Waals surface area contributed by atoms with E-state index in [4.69, 9.17) is 0 Å². The minimum atomic E-state index is -2.09. The molecule has 0 aliphatic rings. The monoisotopic (exact) mass is 136 g/mol. The minimum absolute atomic E-state index is 0.171. The van der Waals surface area contributed by atoms with Crippen molar-refractivity contribution in [2.75, 3.05) is 0 Å². The Kier molecular flexibility index (Phi) is 4.04. The van der Waals surface area contributed by atoms with E-state index in [-0.39, 0.29) is 15.1 Å². The molecule has 0 heterocycles. The molecule has 0 aromatic heterocycles. The summed E-state index contributed by atoms with van der Waals surface area (Å²) in [4.78, 5) is 0. The van der Waals surface area contributed by atoms with Crippen LogP contribution in [0.5, 0.6) is 0 Å². The van der Waals surface area contributed by atoms with E-state index in [0.29, 0.717) is 0 Å². The summed E-state index contributed by atoms with van der Waals surface area (Å²) in [6.45, 7) is 3.78. The normalized spacial score (nSPS) is 14.6. The molecule has 0 aromatic rings. The quantitative estimate of drug-likeness (QED) is 0.521. The van der Waals surface area contributed by atoms with Gasteiger partial charge in [0, 0.05) is 0 Å². The molecular weight excluding hydrogens is 126 g/mol. The molecule has 8 heavy (non-hydrogen) atoms. The molecule has 0 saturated heterocycles. The van der Waals surface area contributed by atoms with Gasteiger partial charge >= 0.3 is 0 Å². The maximum absolute atomic E-state index is 11.5. The Bertz CT molecular complexity index is 56.4. The molecule has 3 heteroatoms. The standard InChI is InChI=1S/C5H10F2Si/c1-3-4(2)8-5(6)7/h4-5H,3H2,1-2H3. The number of hydrogen-bond acceptors (Lipinski definition) is 0. The van der Waals surface area contributed by atoms with Crippen LogP contribution < -0.4 is 0 Å². The van der Waals surface area contributed by atoms with Gasteiger partial charge < -0.3 is 0 Å². The molecule has 0 aromatic carbocycles. The summed E-state index contributed by atoms with van der Waals surface area (Å²) in [5, 5.41) is 0. The molecule has 0 fully saturated rings. The first-order valence-corrected chi connectivity index (χ1v) is 3.86. The summed E-state index contributed by atoms with van der Waals surface area (Å²) >= 11 is 0. The van der Waals surface area contributed by atoms with Gasteiger partial charge in [-0.15, -0.1) is 0 Å². The Morgan fingerprint density at radius 2 is 2.00 bits per heavy atom. The highest BCUT2D eigenvalue weighted by molar-refractivity contribution is 6.38. The molecule has 1 atom stereocenters. The van der Waals surface area contributed by atoms with Crippen LogP contribution in [0.15, 0.2) is 0 Å². The summed E-state index contributed by atoms with van der Waals surface area (Å²) in [7, 11) is -0.171. The molecular formula is C5H10F2Si. The van der Waals surface area contributed by atoms with Crippen molar-refractivity contribution in [3.05, 3.63) is 0 Å². The molecule has 0 saturated carbocycles. The molecule has 0 rings (SSSR count). The van der Waals surface area contributed by atoms with Gasteiger partial charge in [0.15, 0.2) is 0 Å². The third-order valence-corrected chi connectivity index (χ3v) is 2.25. The van der Waals surface area contributed by atoms with Gasteiger partial charge in [0.2, 0.25) is 6.05 Å². The average molecular weight is 136 g/mol. The number of halogens is 2. The Morgan fingerprint density at radius 1 is 1.50 bits per heavy atom. The maximum Gasteiger partial charge on any atom is 0.216 e. The van der Waals surface area contributed by atoms with E-state index in [1.165, 1.54) is 0 Å². The van der Waals surface area contributed by atoms with Gasteiger partial charge in [-0.3, -0.25) is 0 Å². The minimum Gasteiger partial charge on any atom is -0.216 e. The predicted octanol–water partition coefficient (Wildman–Crippen LogP) is 2.13. The fourth-order valence-corrected chi connectivity index (χ4v) is 0.999. The zero-order valence-electron chi connectivity index (χ0n) is 5.12. The van der Waals surface area contributed by atoms with Crippen molar-refractivity contribution in [1.29, 1.82) is 0 Å². The molecule has 48 valence electrons. The van der Waals surface area contributed by atoms with Crippen molar-refractivity contribution < 1.29 is 8.78 Å². The topological polar surface area (TPSA) is 0 Å². The number of hydrogen-bond donors (Lipinski definition) is 0. The Morgan fingerprint density at radius 3 is 2.12 bits per heavy atom. The first-order chi connectivity index (χ1) is 3.66. The lowest BCUT2D eigenvalue weighted by atomic mass is 10.4. The van der Waals surface area contributed by atoms with Gasteiger partial charge in [-0.25, -0.2) is 8.78 Å². The predicted molar refractivity (Wildman–Crippen MR) is 31.5 cm³/mol. The Balaban J connectivity index is 3.10. The van der Waals surface area contributed by atoms with Gasteiger partial charge in [-0.1, -0.05) is 20.3 Å². The average Bonchev–Trinajstić information content (AvgIpc) is 1.65. The van der Waals surface area contributed by atoms with Crippen LogP contribution in [0.2, 0.25) is 5.54 Å². The SMILES string of the molecule is CCC(C)[Si]C(F)F. The highest BCUT2D eigenvalue weighted by atomic mass is 28.2. The molecule has 0 amide bonds. The van der Waals surface area contributed by atoms with E-state index in [1.54, 1.807) is 0 Å². The van der Waals surface area contributed by atoms with Crippen LogP contribution >= 0.6 is 0 Å². The number of rotatable bonds is 3. The third-order valence-electron chi connectivity index (χ3n) is 1.02. The molecule has 0 bridgehead atoms. The maximum atomic E-state index is 11.5. The summed E-state index contributed by atoms with van der Waals surface area (Å²) in [5.74, 6) is 0. The van der Waals surface area contributed by atoms with E-state index >= 15 is 0 Å². The Labute approximate surface area is 51.1 Å². The zero-order chi connectivity index (χ0) is 6.57. The second-order valence-corrected chi connectivity index (χ2v) is 3.53. The van der Waals surface area contributed by atoms with Gasteiger partial charge in [0.05, 0.1) is 0 Å². The highest BCUT2D eigenvalue weighted by Crippen LogP contribution is 2.09. The second kappa shape index (κ2) is 4.01. The van der Waals surface area contributed by atoms with Crippen LogP contribution in [0.4, 0.5) is 8.78 Å². The van der Waals surface area contributed by atoms with E-state index in [9.17, 15) is 8.78 Å². The summed E-state index contributed by atoms with van der Waals surface area (Å²) in [6.07, 6.45) is 0.864. The van der Waals surface area contributed by atoms with Crippen molar-refractivity contribution >= 4 is 9.52 Å². The first-order valence-electron chi connectivity index (χ1n) is 2.71. The van der Waals surface area contributed by atoms with E-state index in [2.05, 4.69) is 0 Å². The second-order valence-electron chi connectivity index (χ2n) is 1.78. The molecule has 0 N–H and O–H groups in total. The van der Waals surface area contributed by atoms with Crippen molar-refractivity contribution in [1.82, 2.24) is 0 Å². The van der Waals surface area contributed by atoms with Crippen molar-refractivity contribution in [3.8, 4) is 0 Å². The van der Waals surface area contributed by atoms with Gasteiger partial charge in [-0.05, 0) is 5.54 Å². The fraction of sp³-hybridized carbons (Fsp3) is 1.00. The Hall–Kier alpha value is 0.0769. The van der Waals surface area contributed by atoms with E-state index in [1.807, 2.05) is 13.8 Å². The third kappa shape index (κ3) is 4.24. The number of alkyl halides is 2. The molecule has 2 radical (unpaired) electrons. The van der Waals surface area contributed by atoms with Crippen LogP contribution in [0.3, 0.4) is 0 Å².